The number of rotatable bonds is 4. The van der Waals surface area contributed by atoms with Crippen LogP contribution >= 0.6 is 0 Å². The minimum absolute atomic E-state index is 0.138. The summed E-state index contributed by atoms with van der Waals surface area (Å²) in [5.41, 5.74) is 0.486. The molecule has 0 spiro atoms. The van der Waals surface area contributed by atoms with Crippen molar-refractivity contribution in [2.45, 2.75) is 43.2 Å². The van der Waals surface area contributed by atoms with Crippen molar-refractivity contribution in [3.05, 3.63) is 94.0 Å². The topological polar surface area (TPSA) is 174 Å². The summed E-state index contributed by atoms with van der Waals surface area (Å²) in [6, 6.07) is 14.8. The van der Waals surface area contributed by atoms with E-state index in [0.29, 0.717) is 0 Å². The molecular weight excluding hydrogens is 484 g/mol. The number of ether oxygens (including phenoxy) is 2. The number of hydrogen-bond donors (Lipinski definition) is 6. The molecule has 5 rings (SSSR count). The smallest absolute Gasteiger partial charge is 0.340 e. The van der Waals surface area contributed by atoms with Crippen molar-refractivity contribution >= 4 is 11.8 Å². The number of phenols is 2. The average Bonchev–Trinajstić information content (AvgIpc) is 2.89. The van der Waals surface area contributed by atoms with Gasteiger partial charge in [0.2, 0.25) is 12.1 Å². The zero-order valence-electron chi connectivity index (χ0n) is 19.3. The maximum atomic E-state index is 13.3. The number of fused-ring (bicyclic) bond motifs is 2. The third-order valence-corrected chi connectivity index (χ3v) is 6.76. The van der Waals surface area contributed by atoms with Gasteiger partial charge in [0.1, 0.15) is 35.9 Å². The van der Waals surface area contributed by atoms with E-state index in [-0.39, 0.29) is 39.1 Å². The molecule has 0 aromatic heterocycles. The predicted molar refractivity (Wildman–Crippen MR) is 126 cm³/mol. The Morgan fingerprint density at radius 3 is 2.24 bits per heavy atom. The molecule has 0 unspecified atom stereocenters. The van der Waals surface area contributed by atoms with Crippen LogP contribution in [0.15, 0.2) is 60.7 Å². The fraction of sp³-hybridized carbons (Fsp3) is 0.259. The second-order valence-corrected chi connectivity index (χ2v) is 9.00. The minimum Gasteiger partial charge on any atom is -0.507 e. The molecule has 1 aliphatic carbocycles. The molecule has 0 bridgehead atoms. The van der Waals surface area contributed by atoms with Gasteiger partial charge in [0.25, 0.3) is 0 Å². The van der Waals surface area contributed by atoms with E-state index in [9.17, 15) is 40.2 Å². The highest BCUT2D eigenvalue weighted by Crippen LogP contribution is 2.47. The molecular formula is C27H24O10. The number of aliphatic hydroxyl groups is 4. The van der Waals surface area contributed by atoms with Crippen LogP contribution in [-0.2, 0) is 16.1 Å². The van der Waals surface area contributed by atoms with Gasteiger partial charge in [-0.25, -0.2) is 4.79 Å². The molecule has 0 radical (unpaired) electrons. The first-order valence-electron chi connectivity index (χ1n) is 11.5. The van der Waals surface area contributed by atoms with Gasteiger partial charge in [0.15, 0.2) is 0 Å². The standard InChI is InChI=1S/C27H24O10/c28-11-12-9-15-18(14-7-4-8-16(29)19(14)21(31)20(15)17(30)10-12)25-23(33)22(32)24(34)27(36-25)37-26(35)13-5-2-1-3-6-13/h1-10,18,22-25,27-30,32-34H,11H2/t18-,22-,23+,24-,25-,27-/m0/s1. The van der Waals surface area contributed by atoms with Crippen molar-refractivity contribution in [2.24, 2.45) is 0 Å². The molecule has 0 amide bonds. The summed E-state index contributed by atoms with van der Waals surface area (Å²) in [5.74, 6) is -3.43. The molecule has 6 N–H and O–H groups in total. The highest BCUT2D eigenvalue weighted by molar-refractivity contribution is 6.16. The Morgan fingerprint density at radius 2 is 1.54 bits per heavy atom. The molecule has 10 nitrogen and oxygen atoms in total. The molecule has 3 aromatic rings. The van der Waals surface area contributed by atoms with Crippen LogP contribution < -0.4 is 0 Å². The largest absolute Gasteiger partial charge is 0.507 e. The second-order valence-electron chi connectivity index (χ2n) is 9.00. The monoisotopic (exact) mass is 508 g/mol. The first-order valence-corrected chi connectivity index (χ1v) is 11.5. The molecule has 6 atom stereocenters. The van der Waals surface area contributed by atoms with E-state index >= 15 is 0 Å². The molecule has 192 valence electrons. The molecule has 1 fully saturated rings. The fourth-order valence-electron chi connectivity index (χ4n) is 5.00. The summed E-state index contributed by atoms with van der Waals surface area (Å²) in [5, 5.41) is 63.1. The number of ketones is 1. The number of carbonyl (C=O) groups is 2. The minimum atomic E-state index is -1.82. The summed E-state index contributed by atoms with van der Waals surface area (Å²) in [4.78, 5) is 25.9. The Labute approximate surface area is 210 Å². The third-order valence-electron chi connectivity index (χ3n) is 6.76. The molecule has 1 saturated heterocycles. The van der Waals surface area contributed by atoms with Crippen LogP contribution in [0.2, 0.25) is 0 Å². The van der Waals surface area contributed by atoms with Gasteiger partial charge in [-0.2, -0.15) is 0 Å². The van der Waals surface area contributed by atoms with Crippen molar-refractivity contribution in [1.82, 2.24) is 0 Å². The average molecular weight is 508 g/mol. The molecule has 10 heteroatoms. The number of esters is 1. The lowest BCUT2D eigenvalue weighted by Crippen LogP contribution is -2.60. The van der Waals surface area contributed by atoms with Gasteiger partial charge in [-0.15, -0.1) is 0 Å². The van der Waals surface area contributed by atoms with Gasteiger partial charge in [-0.1, -0.05) is 36.4 Å². The van der Waals surface area contributed by atoms with Gasteiger partial charge in [-0.3, -0.25) is 4.79 Å². The summed E-state index contributed by atoms with van der Waals surface area (Å²) >= 11 is 0. The molecule has 1 aliphatic heterocycles. The van der Waals surface area contributed by atoms with Crippen LogP contribution in [0.25, 0.3) is 0 Å². The van der Waals surface area contributed by atoms with E-state index in [1.807, 2.05) is 0 Å². The number of aromatic hydroxyl groups is 2. The SMILES string of the molecule is O=C(O[C@@H]1O[C@@H]([C@H]2c3cccc(O)c3C(=O)c3c(O)cc(CO)cc32)[C@H](O)[C@H](O)[C@@H]1O)c1ccccc1. The lowest BCUT2D eigenvalue weighted by atomic mass is 9.71. The van der Waals surface area contributed by atoms with Crippen molar-refractivity contribution in [3.63, 3.8) is 0 Å². The van der Waals surface area contributed by atoms with Crippen LogP contribution in [0, 0.1) is 0 Å². The number of benzene rings is 3. The third kappa shape index (κ3) is 4.14. The molecule has 37 heavy (non-hydrogen) atoms. The Hall–Kier alpha value is -3.80. The normalized spacial score (nSPS) is 26.8. The van der Waals surface area contributed by atoms with Gasteiger partial charge in [-0.05, 0) is 41.0 Å². The summed E-state index contributed by atoms with van der Waals surface area (Å²) in [7, 11) is 0. The zero-order chi connectivity index (χ0) is 26.4. The Balaban J connectivity index is 1.61. The Kier molecular flexibility index (Phi) is 6.44. The molecule has 1 heterocycles. The molecule has 3 aromatic carbocycles. The highest BCUT2D eigenvalue weighted by atomic mass is 16.7. The van der Waals surface area contributed by atoms with E-state index in [0.717, 1.165) is 0 Å². The van der Waals surface area contributed by atoms with Gasteiger partial charge >= 0.3 is 5.97 Å². The molecule has 0 saturated carbocycles. The van der Waals surface area contributed by atoms with Crippen LogP contribution in [0.5, 0.6) is 11.5 Å². The van der Waals surface area contributed by atoms with Crippen LogP contribution in [0.1, 0.15) is 48.9 Å². The second kappa shape index (κ2) is 9.58. The van der Waals surface area contributed by atoms with Gasteiger partial charge in [0, 0.05) is 5.92 Å². The first-order chi connectivity index (χ1) is 17.7. The number of aliphatic hydroxyl groups excluding tert-OH is 4. The van der Waals surface area contributed by atoms with E-state index in [1.54, 1.807) is 18.2 Å². The maximum Gasteiger partial charge on any atom is 0.340 e. The van der Waals surface area contributed by atoms with Crippen LogP contribution in [0.4, 0.5) is 0 Å². The van der Waals surface area contributed by atoms with Crippen molar-refractivity contribution in [2.75, 3.05) is 0 Å². The number of carbonyl (C=O) groups excluding carboxylic acids is 2. The van der Waals surface area contributed by atoms with E-state index in [2.05, 4.69) is 0 Å². The van der Waals surface area contributed by atoms with Gasteiger partial charge in [0.05, 0.1) is 23.3 Å². The highest BCUT2D eigenvalue weighted by Gasteiger charge is 2.51. The summed E-state index contributed by atoms with van der Waals surface area (Å²) in [6.07, 6.45) is -8.46. The summed E-state index contributed by atoms with van der Waals surface area (Å²) in [6.45, 7) is -0.471. The van der Waals surface area contributed by atoms with Crippen LogP contribution in [-0.4, -0.2) is 73.1 Å². The fourth-order valence-corrected chi connectivity index (χ4v) is 5.00. The van der Waals surface area contributed by atoms with Crippen molar-refractivity contribution in [3.8, 4) is 11.5 Å². The van der Waals surface area contributed by atoms with Crippen LogP contribution in [0.3, 0.4) is 0 Å². The lowest BCUT2D eigenvalue weighted by molar-refractivity contribution is -0.282. The van der Waals surface area contributed by atoms with E-state index in [4.69, 9.17) is 9.47 Å². The number of hydrogen-bond acceptors (Lipinski definition) is 10. The Bertz CT molecular complexity index is 1350. The quantitative estimate of drug-likeness (QED) is 0.278. The van der Waals surface area contributed by atoms with Gasteiger partial charge < -0.3 is 40.1 Å². The zero-order valence-corrected chi connectivity index (χ0v) is 19.3. The van der Waals surface area contributed by atoms with E-state index < -0.39 is 60.7 Å². The first kappa shape index (κ1) is 24.9. The number of phenolic OH excluding ortho intramolecular Hbond substituents is 2. The summed E-state index contributed by atoms with van der Waals surface area (Å²) < 4.78 is 11.2. The van der Waals surface area contributed by atoms with Crippen molar-refractivity contribution in [1.29, 1.82) is 0 Å². The van der Waals surface area contributed by atoms with E-state index in [1.165, 1.54) is 42.5 Å². The maximum absolute atomic E-state index is 13.3. The molecule has 2 aliphatic rings. The van der Waals surface area contributed by atoms with Crippen molar-refractivity contribution < 1.29 is 49.7 Å². The Morgan fingerprint density at radius 1 is 0.838 bits per heavy atom. The predicted octanol–water partition coefficient (Wildman–Crippen LogP) is 0.931. The lowest BCUT2D eigenvalue weighted by Gasteiger charge is -2.44.